The van der Waals surface area contributed by atoms with Crippen LogP contribution in [-0.2, 0) is 14.3 Å². The third-order valence-corrected chi connectivity index (χ3v) is 5.20. The molecule has 112 valence electrons. The number of ketones is 1. The summed E-state index contributed by atoms with van der Waals surface area (Å²) in [5.41, 5.74) is 1.22. The van der Waals surface area contributed by atoms with Gasteiger partial charge in [-0.25, -0.2) is 0 Å². The molecule has 3 nitrogen and oxygen atoms in total. The van der Waals surface area contributed by atoms with E-state index in [1.807, 2.05) is 6.92 Å². The first-order valence-electron chi connectivity index (χ1n) is 7.70. The number of hydrogen-bond acceptors (Lipinski definition) is 3. The SMILES string of the molecule is C=C1CC[C@@H](C(C)C)[C@@H]2[C@@H]([C@H](C)OC(C)=O)C(=O)C[C@@H]12. The van der Waals surface area contributed by atoms with Crippen molar-refractivity contribution in [3.63, 3.8) is 0 Å². The molecule has 0 aromatic heterocycles. The average Bonchev–Trinajstić information content (AvgIpc) is 2.66. The van der Waals surface area contributed by atoms with Gasteiger partial charge in [-0.05, 0) is 43.4 Å². The average molecular weight is 278 g/mol. The summed E-state index contributed by atoms with van der Waals surface area (Å²) < 4.78 is 5.33. The van der Waals surface area contributed by atoms with Crippen LogP contribution in [0.5, 0.6) is 0 Å². The molecule has 0 radical (unpaired) electrons. The number of allylic oxidation sites excluding steroid dienone is 1. The number of rotatable bonds is 3. The van der Waals surface area contributed by atoms with Crippen LogP contribution >= 0.6 is 0 Å². The molecule has 0 spiro atoms. The fourth-order valence-corrected chi connectivity index (χ4v) is 4.35. The molecular formula is C17H26O3. The van der Waals surface area contributed by atoms with Gasteiger partial charge >= 0.3 is 5.97 Å². The first kappa shape index (κ1) is 15.3. The summed E-state index contributed by atoms with van der Waals surface area (Å²) in [6, 6.07) is 0. The second-order valence-corrected chi connectivity index (χ2v) is 6.80. The zero-order valence-electron chi connectivity index (χ0n) is 13.0. The predicted molar refractivity (Wildman–Crippen MR) is 78.0 cm³/mol. The highest BCUT2D eigenvalue weighted by Gasteiger charge is 2.52. The number of fused-ring (bicyclic) bond motifs is 1. The highest BCUT2D eigenvalue weighted by molar-refractivity contribution is 5.85. The lowest BCUT2D eigenvalue weighted by Crippen LogP contribution is -2.39. The van der Waals surface area contributed by atoms with Gasteiger partial charge in [0.2, 0.25) is 0 Å². The third-order valence-electron chi connectivity index (χ3n) is 5.20. The lowest BCUT2D eigenvalue weighted by atomic mass is 9.64. The predicted octanol–water partition coefficient (Wildman–Crippen LogP) is 3.38. The number of esters is 1. The van der Waals surface area contributed by atoms with Crippen molar-refractivity contribution >= 4 is 11.8 Å². The second-order valence-electron chi connectivity index (χ2n) is 6.80. The number of carbonyl (C=O) groups is 2. The molecule has 0 N–H and O–H groups in total. The van der Waals surface area contributed by atoms with Gasteiger partial charge < -0.3 is 4.74 Å². The zero-order valence-corrected chi connectivity index (χ0v) is 13.0. The van der Waals surface area contributed by atoms with Gasteiger partial charge in [0.1, 0.15) is 11.9 Å². The molecule has 2 rings (SSSR count). The van der Waals surface area contributed by atoms with E-state index < -0.39 is 0 Å². The monoisotopic (exact) mass is 278 g/mol. The summed E-state index contributed by atoms with van der Waals surface area (Å²) >= 11 is 0. The van der Waals surface area contributed by atoms with E-state index in [1.165, 1.54) is 12.5 Å². The fraction of sp³-hybridized carbons (Fsp3) is 0.765. The summed E-state index contributed by atoms with van der Waals surface area (Å²) in [4.78, 5) is 23.7. The summed E-state index contributed by atoms with van der Waals surface area (Å²) in [6.07, 6.45) is 2.41. The van der Waals surface area contributed by atoms with Gasteiger partial charge in [-0.2, -0.15) is 0 Å². The zero-order chi connectivity index (χ0) is 15.0. The molecule has 0 amide bonds. The van der Waals surface area contributed by atoms with Crippen LogP contribution < -0.4 is 0 Å². The number of hydrogen-bond donors (Lipinski definition) is 0. The first-order chi connectivity index (χ1) is 9.32. The van der Waals surface area contributed by atoms with Crippen molar-refractivity contribution in [2.45, 2.75) is 53.1 Å². The van der Waals surface area contributed by atoms with Gasteiger partial charge in [0.15, 0.2) is 0 Å². The second kappa shape index (κ2) is 5.71. The minimum atomic E-state index is -0.317. The summed E-state index contributed by atoms with van der Waals surface area (Å²) in [7, 11) is 0. The maximum absolute atomic E-state index is 12.4. The van der Waals surface area contributed by atoms with Gasteiger partial charge in [0, 0.05) is 13.3 Å². The minimum absolute atomic E-state index is 0.145. The molecule has 5 atom stereocenters. The molecule has 2 aliphatic carbocycles. The Bertz CT molecular complexity index is 424. The Hall–Kier alpha value is -1.12. The summed E-state index contributed by atoms with van der Waals surface area (Å²) in [6.45, 7) is 11.9. The van der Waals surface area contributed by atoms with Crippen LogP contribution in [0.3, 0.4) is 0 Å². The van der Waals surface area contributed by atoms with Gasteiger partial charge in [-0.15, -0.1) is 0 Å². The van der Waals surface area contributed by atoms with Crippen molar-refractivity contribution in [3.05, 3.63) is 12.2 Å². The van der Waals surface area contributed by atoms with E-state index in [-0.39, 0.29) is 23.8 Å². The minimum Gasteiger partial charge on any atom is -0.462 e. The molecule has 3 heteroatoms. The quantitative estimate of drug-likeness (QED) is 0.587. The van der Waals surface area contributed by atoms with Crippen molar-refractivity contribution in [1.29, 1.82) is 0 Å². The van der Waals surface area contributed by atoms with E-state index in [4.69, 9.17) is 4.74 Å². The standard InChI is InChI=1S/C17H26O3/c1-9(2)13-7-6-10(3)14-8-15(19)16(17(13)14)11(4)20-12(5)18/h9,11,13-14,16-17H,3,6-8H2,1-2,4-5H3/t11-,13-,14-,16-,17-/m0/s1. The van der Waals surface area contributed by atoms with Crippen LogP contribution in [0.15, 0.2) is 12.2 Å². The Morgan fingerprint density at radius 3 is 2.55 bits per heavy atom. The van der Waals surface area contributed by atoms with E-state index in [1.54, 1.807) is 0 Å². The largest absolute Gasteiger partial charge is 0.462 e. The molecular weight excluding hydrogens is 252 g/mol. The van der Waals surface area contributed by atoms with Gasteiger partial charge in [0.25, 0.3) is 0 Å². The van der Waals surface area contributed by atoms with Crippen molar-refractivity contribution < 1.29 is 14.3 Å². The Balaban J connectivity index is 2.28. The number of ether oxygens (including phenoxy) is 1. The van der Waals surface area contributed by atoms with E-state index in [9.17, 15) is 9.59 Å². The Morgan fingerprint density at radius 2 is 2.00 bits per heavy atom. The van der Waals surface area contributed by atoms with Gasteiger partial charge in [-0.3, -0.25) is 9.59 Å². The van der Waals surface area contributed by atoms with E-state index in [0.717, 1.165) is 12.8 Å². The highest BCUT2D eigenvalue weighted by atomic mass is 16.5. The molecule has 0 heterocycles. The molecule has 20 heavy (non-hydrogen) atoms. The van der Waals surface area contributed by atoms with Crippen molar-refractivity contribution in [3.8, 4) is 0 Å². The van der Waals surface area contributed by atoms with Crippen molar-refractivity contribution in [2.75, 3.05) is 0 Å². The highest BCUT2D eigenvalue weighted by Crippen LogP contribution is 2.52. The molecule has 2 fully saturated rings. The van der Waals surface area contributed by atoms with E-state index in [0.29, 0.717) is 30.1 Å². The van der Waals surface area contributed by atoms with Crippen LogP contribution in [0, 0.1) is 29.6 Å². The van der Waals surface area contributed by atoms with Crippen molar-refractivity contribution in [1.82, 2.24) is 0 Å². The fourth-order valence-electron chi connectivity index (χ4n) is 4.35. The van der Waals surface area contributed by atoms with E-state index >= 15 is 0 Å². The smallest absolute Gasteiger partial charge is 0.302 e. The normalized spacial score (nSPS) is 35.0. The van der Waals surface area contributed by atoms with Crippen LogP contribution in [0.2, 0.25) is 0 Å². The summed E-state index contributed by atoms with van der Waals surface area (Å²) in [5, 5.41) is 0. The van der Waals surface area contributed by atoms with Crippen molar-refractivity contribution in [2.24, 2.45) is 29.6 Å². The Morgan fingerprint density at radius 1 is 1.35 bits per heavy atom. The molecule has 0 unspecified atom stereocenters. The molecule has 0 saturated heterocycles. The Kier molecular flexibility index (Phi) is 4.36. The topological polar surface area (TPSA) is 43.4 Å². The van der Waals surface area contributed by atoms with Crippen LogP contribution in [-0.4, -0.2) is 17.9 Å². The van der Waals surface area contributed by atoms with E-state index in [2.05, 4.69) is 20.4 Å². The molecule has 2 aliphatic rings. The third kappa shape index (κ3) is 2.68. The van der Waals surface area contributed by atoms with Gasteiger partial charge in [0.05, 0.1) is 5.92 Å². The lowest BCUT2D eigenvalue weighted by molar-refractivity contribution is -0.151. The number of Topliss-reactive ketones (excluding diaryl/α,β-unsaturated/α-hetero) is 1. The Labute approximate surface area is 121 Å². The molecule has 2 saturated carbocycles. The number of carbonyl (C=O) groups excluding carboxylic acids is 2. The first-order valence-corrected chi connectivity index (χ1v) is 7.70. The maximum atomic E-state index is 12.4. The summed E-state index contributed by atoms with van der Waals surface area (Å²) in [5.74, 6) is 1.48. The molecule has 0 aromatic carbocycles. The van der Waals surface area contributed by atoms with Crippen LogP contribution in [0.1, 0.15) is 47.0 Å². The molecule has 0 bridgehead atoms. The lowest BCUT2D eigenvalue weighted by Gasteiger charge is -2.41. The van der Waals surface area contributed by atoms with Crippen LogP contribution in [0.4, 0.5) is 0 Å². The van der Waals surface area contributed by atoms with Crippen LogP contribution in [0.25, 0.3) is 0 Å². The maximum Gasteiger partial charge on any atom is 0.302 e. The molecule has 0 aliphatic heterocycles. The van der Waals surface area contributed by atoms with Gasteiger partial charge in [-0.1, -0.05) is 26.0 Å². The molecule has 0 aromatic rings.